The van der Waals surface area contributed by atoms with Gasteiger partial charge in [0.25, 0.3) is 0 Å². The SMILES string of the molecule is COC1(C)CCCN(C(=O)C(C)=C2CNC2)C1. The molecule has 4 nitrogen and oxygen atoms in total. The first kappa shape index (κ1) is 12.6. The first-order chi connectivity index (χ1) is 8.06. The molecule has 2 rings (SSSR count). The molecule has 0 aliphatic carbocycles. The topological polar surface area (TPSA) is 41.6 Å². The minimum absolute atomic E-state index is 0.170. The largest absolute Gasteiger partial charge is 0.377 e. The first-order valence-electron chi connectivity index (χ1n) is 6.29. The highest BCUT2D eigenvalue weighted by Gasteiger charge is 2.33. The van der Waals surface area contributed by atoms with Crippen LogP contribution in [0.15, 0.2) is 11.1 Å². The zero-order valence-corrected chi connectivity index (χ0v) is 11.0. The maximum atomic E-state index is 12.3. The molecular formula is C13H22N2O2. The highest BCUT2D eigenvalue weighted by Crippen LogP contribution is 2.25. The number of nitrogens with zero attached hydrogens (tertiary/aromatic N) is 1. The number of likely N-dealkylation sites (tertiary alicyclic amines) is 1. The van der Waals surface area contributed by atoms with Gasteiger partial charge in [0.1, 0.15) is 0 Å². The number of hydrogen-bond donors (Lipinski definition) is 1. The van der Waals surface area contributed by atoms with E-state index in [1.165, 1.54) is 5.57 Å². The summed E-state index contributed by atoms with van der Waals surface area (Å²) in [7, 11) is 1.73. The Bertz CT molecular complexity index is 345. The smallest absolute Gasteiger partial charge is 0.249 e. The van der Waals surface area contributed by atoms with E-state index in [0.717, 1.165) is 38.0 Å². The molecule has 2 aliphatic rings. The molecule has 17 heavy (non-hydrogen) atoms. The Labute approximate surface area is 103 Å². The number of amides is 1. The second-order valence-electron chi connectivity index (χ2n) is 5.32. The first-order valence-corrected chi connectivity index (χ1v) is 6.29. The molecule has 2 saturated heterocycles. The van der Waals surface area contributed by atoms with Crippen LogP contribution in [0, 0.1) is 0 Å². The van der Waals surface area contributed by atoms with E-state index in [2.05, 4.69) is 12.2 Å². The van der Waals surface area contributed by atoms with Crippen LogP contribution in [-0.4, -0.2) is 49.7 Å². The average molecular weight is 238 g/mol. The van der Waals surface area contributed by atoms with Gasteiger partial charge >= 0.3 is 0 Å². The van der Waals surface area contributed by atoms with Crippen LogP contribution < -0.4 is 5.32 Å². The summed E-state index contributed by atoms with van der Waals surface area (Å²) in [5, 5.41) is 3.17. The quantitative estimate of drug-likeness (QED) is 0.728. The normalized spacial score (nSPS) is 28.9. The highest BCUT2D eigenvalue weighted by atomic mass is 16.5. The lowest BCUT2D eigenvalue weighted by Crippen LogP contribution is -2.50. The van der Waals surface area contributed by atoms with Gasteiger partial charge < -0.3 is 15.0 Å². The Morgan fingerprint density at radius 3 is 2.71 bits per heavy atom. The van der Waals surface area contributed by atoms with Gasteiger partial charge in [-0.05, 0) is 32.3 Å². The summed E-state index contributed by atoms with van der Waals surface area (Å²) in [6.45, 7) is 7.33. The summed E-state index contributed by atoms with van der Waals surface area (Å²) in [6, 6.07) is 0. The standard InChI is InChI=1S/C13H22N2O2/c1-10(11-7-14-8-11)12(16)15-6-4-5-13(2,9-15)17-3/h14H,4-9H2,1-3H3. The summed E-state index contributed by atoms with van der Waals surface area (Å²) in [5.41, 5.74) is 2.00. The van der Waals surface area contributed by atoms with Crippen molar-refractivity contribution < 1.29 is 9.53 Å². The van der Waals surface area contributed by atoms with Gasteiger partial charge in [-0.1, -0.05) is 0 Å². The highest BCUT2D eigenvalue weighted by molar-refractivity contribution is 5.94. The predicted molar refractivity (Wildman–Crippen MR) is 66.8 cm³/mol. The fraction of sp³-hybridized carbons (Fsp3) is 0.769. The molecule has 1 amide bonds. The summed E-state index contributed by atoms with van der Waals surface area (Å²) in [5.74, 6) is 0.185. The third-order valence-corrected chi connectivity index (χ3v) is 3.97. The van der Waals surface area contributed by atoms with E-state index >= 15 is 0 Å². The predicted octanol–water partition coefficient (Wildman–Crippen LogP) is 0.934. The molecule has 2 aliphatic heterocycles. The average Bonchev–Trinajstić information content (AvgIpc) is 2.26. The number of nitrogens with one attached hydrogen (secondary N) is 1. The van der Waals surface area contributed by atoms with Gasteiger partial charge in [-0.15, -0.1) is 0 Å². The Kier molecular flexibility index (Phi) is 3.54. The molecule has 96 valence electrons. The minimum Gasteiger partial charge on any atom is -0.377 e. The maximum absolute atomic E-state index is 12.3. The third-order valence-electron chi connectivity index (χ3n) is 3.97. The lowest BCUT2D eigenvalue weighted by atomic mass is 9.93. The van der Waals surface area contributed by atoms with E-state index in [9.17, 15) is 4.79 Å². The van der Waals surface area contributed by atoms with E-state index in [0.29, 0.717) is 6.54 Å². The van der Waals surface area contributed by atoms with Crippen LogP contribution >= 0.6 is 0 Å². The van der Waals surface area contributed by atoms with Crippen LogP contribution in [0.3, 0.4) is 0 Å². The number of methoxy groups -OCH3 is 1. The lowest BCUT2D eigenvalue weighted by molar-refractivity contribution is -0.135. The molecule has 0 spiro atoms. The van der Waals surface area contributed by atoms with E-state index in [-0.39, 0.29) is 11.5 Å². The van der Waals surface area contributed by atoms with Crippen molar-refractivity contribution in [2.45, 2.75) is 32.3 Å². The van der Waals surface area contributed by atoms with Crippen molar-refractivity contribution in [3.63, 3.8) is 0 Å². The van der Waals surface area contributed by atoms with Gasteiger partial charge in [-0.25, -0.2) is 0 Å². The van der Waals surface area contributed by atoms with Gasteiger partial charge in [0, 0.05) is 38.9 Å². The van der Waals surface area contributed by atoms with Crippen molar-refractivity contribution in [3.05, 3.63) is 11.1 Å². The van der Waals surface area contributed by atoms with E-state index < -0.39 is 0 Å². The van der Waals surface area contributed by atoms with E-state index in [4.69, 9.17) is 4.74 Å². The van der Waals surface area contributed by atoms with Crippen LogP contribution in [-0.2, 0) is 9.53 Å². The van der Waals surface area contributed by atoms with E-state index in [1.54, 1.807) is 7.11 Å². The fourth-order valence-corrected chi connectivity index (χ4v) is 2.45. The third kappa shape index (κ3) is 2.53. The van der Waals surface area contributed by atoms with E-state index in [1.807, 2.05) is 11.8 Å². The summed E-state index contributed by atoms with van der Waals surface area (Å²) in [4.78, 5) is 14.3. The van der Waals surface area contributed by atoms with Crippen LogP contribution in [0.5, 0.6) is 0 Å². The number of ether oxygens (including phenoxy) is 1. The molecule has 0 bridgehead atoms. The molecule has 2 fully saturated rings. The van der Waals surface area contributed by atoms with Crippen molar-refractivity contribution in [1.82, 2.24) is 10.2 Å². The lowest BCUT2D eigenvalue weighted by Gasteiger charge is -2.40. The monoisotopic (exact) mass is 238 g/mol. The van der Waals surface area contributed by atoms with Crippen molar-refractivity contribution in [2.75, 3.05) is 33.3 Å². The molecule has 0 radical (unpaired) electrons. The van der Waals surface area contributed by atoms with Gasteiger partial charge in [-0.2, -0.15) is 0 Å². The number of piperidine rings is 1. The number of rotatable bonds is 2. The summed E-state index contributed by atoms with van der Waals surface area (Å²) in [6.07, 6.45) is 2.06. The summed E-state index contributed by atoms with van der Waals surface area (Å²) < 4.78 is 5.52. The second-order valence-corrected chi connectivity index (χ2v) is 5.32. The Morgan fingerprint density at radius 1 is 1.47 bits per heavy atom. The second kappa shape index (κ2) is 4.78. The Morgan fingerprint density at radius 2 is 2.18 bits per heavy atom. The van der Waals surface area contributed by atoms with Gasteiger partial charge in [0.05, 0.1) is 5.60 Å². The molecule has 1 unspecified atom stereocenters. The van der Waals surface area contributed by atoms with Crippen molar-refractivity contribution >= 4 is 5.91 Å². The molecule has 2 heterocycles. The zero-order chi connectivity index (χ0) is 12.5. The van der Waals surface area contributed by atoms with Crippen molar-refractivity contribution in [1.29, 1.82) is 0 Å². The zero-order valence-electron chi connectivity index (χ0n) is 11.0. The number of carbonyl (C=O) groups is 1. The maximum Gasteiger partial charge on any atom is 0.249 e. The van der Waals surface area contributed by atoms with Gasteiger partial charge in [0.15, 0.2) is 0 Å². The van der Waals surface area contributed by atoms with Crippen molar-refractivity contribution in [2.24, 2.45) is 0 Å². The van der Waals surface area contributed by atoms with Crippen molar-refractivity contribution in [3.8, 4) is 0 Å². The molecule has 0 aromatic rings. The Balaban J connectivity index is 2.04. The molecule has 0 aromatic carbocycles. The molecular weight excluding hydrogens is 216 g/mol. The van der Waals surface area contributed by atoms with Crippen LogP contribution in [0.1, 0.15) is 26.7 Å². The van der Waals surface area contributed by atoms with Crippen LogP contribution in [0.25, 0.3) is 0 Å². The number of carbonyl (C=O) groups excluding carboxylic acids is 1. The molecule has 0 saturated carbocycles. The number of hydrogen-bond acceptors (Lipinski definition) is 3. The summed E-state index contributed by atoms with van der Waals surface area (Å²) >= 11 is 0. The van der Waals surface area contributed by atoms with Gasteiger partial charge in [-0.3, -0.25) is 4.79 Å². The van der Waals surface area contributed by atoms with Crippen LogP contribution in [0.2, 0.25) is 0 Å². The van der Waals surface area contributed by atoms with Crippen LogP contribution in [0.4, 0.5) is 0 Å². The molecule has 4 heteroatoms. The molecule has 0 aromatic heterocycles. The molecule has 1 N–H and O–H groups in total. The minimum atomic E-state index is -0.170. The van der Waals surface area contributed by atoms with Gasteiger partial charge in [0.2, 0.25) is 5.91 Å². The fourth-order valence-electron chi connectivity index (χ4n) is 2.45. The molecule has 1 atom stereocenters. The Hall–Kier alpha value is -0.870.